The van der Waals surface area contributed by atoms with Crippen LogP contribution in [0.1, 0.15) is 18.4 Å². The first kappa shape index (κ1) is 14.1. The molecule has 0 unspecified atom stereocenters. The standard InChI is InChI=1S/C11H14F3N3O/c12-11(13,14)8-4-1-2-5-9(8)16-7-3-6-10(15)17-18/h1-2,4-5,16,18H,3,6-7H2,(H2,15,17). The molecule has 1 rings (SSSR count). The Morgan fingerprint density at radius 2 is 2.00 bits per heavy atom. The molecule has 0 aliphatic carbocycles. The molecule has 0 spiro atoms. The summed E-state index contributed by atoms with van der Waals surface area (Å²) in [6.45, 7) is 0.309. The van der Waals surface area contributed by atoms with Gasteiger partial charge in [-0.25, -0.2) is 0 Å². The second kappa shape index (κ2) is 6.13. The van der Waals surface area contributed by atoms with Crippen LogP contribution in [0.25, 0.3) is 0 Å². The minimum Gasteiger partial charge on any atom is -0.409 e. The van der Waals surface area contributed by atoms with E-state index in [1.54, 1.807) is 0 Å². The van der Waals surface area contributed by atoms with Gasteiger partial charge in [-0.1, -0.05) is 17.3 Å². The van der Waals surface area contributed by atoms with E-state index >= 15 is 0 Å². The minimum atomic E-state index is -4.38. The highest BCUT2D eigenvalue weighted by atomic mass is 19.4. The van der Waals surface area contributed by atoms with Gasteiger partial charge in [0, 0.05) is 18.7 Å². The lowest BCUT2D eigenvalue weighted by atomic mass is 10.1. The molecule has 7 heteroatoms. The fraction of sp³-hybridized carbons (Fsp3) is 0.364. The minimum absolute atomic E-state index is 0.0320. The van der Waals surface area contributed by atoms with Crippen molar-refractivity contribution >= 4 is 11.5 Å². The summed E-state index contributed by atoms with van der Waals surface area (Å²) in [5.74, 6) is 0.0564. The Kier molecular flexibility index (Phi) is 4.82. The molecule has 0 amide bonds. The Morgan fingerprint density at radius 1 is 1.33 bits per heavy atom. The average molecular weight is 261 g/mol. The summed E-state index contributed by atoms with van der Waals surface area (Å²) < 4.78 is 37.9. The highest BCUT2D eigenvalue weighted by Crippen LogP contribution is 2.34. The van der Waals surface area contributed by atoms with Crippen molar-refractivity contribution in [2.75, 3.05) is 11.9 Å². The van der Waals surface area contributed by atoms with Gasteiger partial charge in [-0.3, -0.25) is 0 Å². The van der Waals surface area contributed by atoms with Crippen molar-refractivity contribution in [3.05, 3.63) is 29.8 Å². The van der Waals surface area contributed by atoms with Gasteiger partial charge in [0.25, 0.3) is 0 Å². The molecule has 4 N–H and O–H groups in total. The molecule has 1 aromatic rings. The number of anilines is 1. The van der Waals surface area contributed by atoms with Gasteiger partial charge in [-0.15, -0.1) is 0 Å². The van der Waals surface area contributed by atoms with Crippen molar-refractivity contribution in [2.45, 2.75) is 19.0 Å². The van der Waals surface area contributed by atoms with Crippen LogP contribution in [0.3, 0.4) is 0 Å². The molecule has 0 radical (unpaired) electrons. The van der Waals surface area contributed by atoms with E-state index < -0.39 is 11.7 Å². The summed E-state index contributed by atoms with van der Waals surface area (Å²) >= 11 is 0. The number of alkyl halides is 3. The lowest BCUT2D eigenvalue weighted by molar-refractivity contribution is -0.136. The van der Waals surface area contributed by atoms with Crippen molar-refractivity contribution in [3.63, 3.8) is 0 Å². The predicted molar refractivity (Wildman–Crippen MR) is 62.6 cm³/mol. The van der Waals surface area contributed by atoms with Gasteiger partial charge >= 0.3 is 6.18 Å². The van der Waals surface area contributed by atoms with Gasteiger partial charge in [0.2, 0.25) is 0 Å². The number of hydrogen-bond donors (Lipinski definition) is 3. The third-order valence-corrected chi connectivity index (χ3v) is 2.29. The fourth-order valence-electron chi connectivity index (χ4n) is 1.43. The van der Waals surface area contributed by atoms with Gasteiger partial charge in [-0.2, -0.15) is 13.2 Å². The predicted octanol–water partition coefficient (Wildman–Crippen LogP) is 2.64. The summed E-state index contributed by atoms with van der Waals surface area (Å²) in [5, 5.41) is 13.8. The zero-order valence-corrected chi connectivity index (χ0v) is 9.54. The lowest BCUT2D eigenvalue weighted by Crippen LogP contribution is -2.15. The Balaban J connectivity index is 2.58. The van der Waals surface area contributed by atoms with E-state index in [-0.39, 0.29) is 11.5 Å². The number of oxime groups is 1. The second-order valence-corrected chi connectivity index (χ2v) is 3.67. The zero-order valence-electron chi connectivity index (χ0n) is 9.54. The first-order chi connectivity index (χ1) is 8.45. The average Bonchev–Trinajstić information content (AvgIpc) is 2.33. The SMILES string of the molecule is NC(CCCNc1ccccc1C(F)(F)F)=NO. The molecule has 1 aromatic carbocycles. The molecule has 0 saturated heterocycles. The van der Waals surface area contributed by atoms with Crippen LogP contribution < -0.4 is 11.1 Å². The summed E-state index contributed by atoms with van der Waals surface area (Å²) in [6.07, 6.45) is -3.59. The number of rotatable bonds is 5. The molecule has 0 aliphatic rings. The first-order valence-corrected chi connectivity index (χ1v) is 5.31. The molecular formula is C11H14F3N3O. The molecular weight excluding hydrogens is 247 g/mol. The molecule has 0 fully saturated rings. The lowest BCUT2D eigenvalue weighted by Gasteiger charge is -2.14. The normalized spacial score (nSPS) is 12.5. The van der Waals surface area contributed by atoms with Gasteiger partial charge in [-0.05, 0) is 18.6 Å². The van der Waals surface area contributed by atoms with E-state index in [4.69, 9.17) is 10.9 Å². The van der Waals surface area contributed by atoms with Crippen molar-refractivity contribution < 1.29 is 18.4 Å². The number of para-hydroxylation sites is 1. The number of nitrogens with two attached hydrogens (primary N) is 1. The van der Waals surface area contributed by atoms with E-state index in [1.165, 1.54) is 18.2 Å². The number of nitrogens with one attached hydrogen (secondary N) is 1. The fourth-order valence-corrected chi connectivity index (χ4v) is 1.43. The van der Waals surface area contributed by atoms with Gasteiger partial charge in [0.15, 0.2) is 0 Å². The smallest absolute Gasteiger partial charge is 0.409 e. The number of halogens is 3. The second-order valence-electron chi connectivity index (χ2n) is 3.67. The van der Waals surface area contributed by atoms with Crippen LogP contribution in [0, 0.1) is 0 Å². The van der Waals surface area contributed by atoms with Gasteiger partial charge in [0.1, 0.15) is 5.84 Å². The number of amidine groups is 1. The maximum absolute atomic E-state index is 12.6. The maximum atomic E-state index is 12.6. The van der Waals surface area contributed by atoms with Crippen LogP contribution in [0.15, 0.2) is 29.4 Å². The van der Waals surface area contributed by atoms with Crippen LogP contribution in [-0.2, 0) is 6.18 Å². The van der Waals surface area contributed by atoms with E-state index in [0.717, 1.165) is 6.07 Å². The van der Waals surface area contributed by atoms with Crippen LogP contribution in [-0.4, -0.2) is 17.6 Å². The van der Waals surface area contributed by atoms with Crippen molar-refractivity contribution in [1.82, 2.24) is 0 Å². The maximum Gasteiger partial charge on any atom is 0.418 e. The van der Waals surface area contributed by atoms with Crippen molar-refractivity contribution in [1.29, 1.82) is 0 Å². The van der Waals surface area contributed by atoms with E-state index in [1.807, 2.05) is 0 Å². The summed E-state index contributed by atoms with van der Waals surface area (Å²) in [5.41, 5.74) is 4.58. The monoisotopic (exact) mass is 261 g/mol. The van der Waals surface area contributed by atoms with Gasteiger partial charge in [0.05, 0.1) is 5.56 Å². The highest BCUT2D eigenvalue weighted by Gasteiger charge is 2.32. The van der Waals surface area contributed by atoms with Crippen LogP contribution in [0.4, 0.5) is 18.9 Å². The summed E-state index contributed by atoms with van der Waals surface area (Å²) in [4.78, 5) is 0. The first-order valence-electron chi connectivity index (χ1n) is 5.31. The molecule has 0 aromatic heterocycles. The summed E-state index contributed by atoms with van der Waals surface area (Å²) in [7, 11) is 0. The Labute approximate surface area is 102 Å². The number of nitrogens with zero attached hydrogens (tertiary/aromatic N) is 1. The van der Waals surface area contributed by atoms with Crippen LogP contribution >= 0.6 is 0 Å². The third-order valence-electron chi connectivity index (χ3n) is 2.29. The molecule has 0 aliphatic heterocycles. The zero-order chi connectivity index (χ0) is 13.6. The molecule has 4 nitrogen and oxygen atoms in total. The van der Waals surface area contributed by atoms with Crippen molar-refractivity contribution in [2.24, 2.45) is 10.9 Å². The quantitative estimate of drug-likeness (QED) is 0.251. The van der Waals surface area contributed by atoms with E-state index in [9.17, 15) is 13.2 Å². The molecule has 0 atom stereocenters. The highest BCUT2D eigenvalue weighted by molar-refractivity contribution is 5.79. The molecule has 0 heterocycles. The van der Waals surface area contributed by atoms with E-state index in [2.05, 4.69) is 10.5 Å². The van der Waals surface area contributed by atoms with Crippen LogP contribution in [0.5, 0.6) is 0 Å². The number of benzene rings is 1. The van der Waals surface area contributed by atoms with Crippen LogP contribution in [0.2, 0.25) is 0 Å². The van der Waals surface area contributed by atoms with Crippen molar-refractivity contribution in [3.8, 4) is 0 Å². The topological polar surface area (TPSA) is 70.6 Å². The third kappa shape index (κ3) is 4.15. The van der Waals surface area contributed by atoms with E-state index in [0.29, 0.717) is 19.4 Å². The molecule has 0 saturated carbocycles. The largest absolute Gasteiger partial charge is 0.418 e. The number of hydrogen-bond acceptors (Lipinski definition) is 3. The summed E-state index contributed by atoms with van der Waals surface area (Å²) in [6, 6.07) is 5.25. The van der Waals surface area contributed by atoms with Gasteiger partial charge < -0.3 is 16.3 Å². The Bertz CT molecular complexity index is 418. The Hall–Kier alpha value is -1.92. The molecule has 0 bridgehead atoms. The Morgan fingerprint density at radius 3 is 2.61 bits per heavy atom. The molecule has 18 heavy (non-hydrogen) atoms. The molecule has 100 valence electrons.